The van der Waals surface area contributed by atoms with Gasteiger partial charge in [0, 0.05) is 28.3 Å². The summed E-state index contributed by atoms with van der Waals surface area (Å²) in [5.41, 5.74) is 0.732. The number of carbonyl (C=O) groups is 3. The first-order valence-corrected chi connectivity index (χ1v) is 9.51. The van der Waals surface area contributed by atoms with Crippen LogP contribution in [0.5, 0.6) is 0 Å². The van der Waals surface area contributed by atoms with E-state index < -0.39 is 17.8 Å². The average molecular weight is 382 g/mol. The predicted molar refractivity (Wildman–Crippen MR) is 98.9 cm³/mol. The summed E-state index contributed by atoms with van der Waals surface area (Å²) in [4.78, 5) is 38.6. The van der Waals surface area contributed by atoms with Crippen LogP contribution in [0.3, 0.4) is 0 Å². The molecule has 7 heteroatoms. The van der Waals surface area contributed by atoms with Gasteiger partial charge in [0.15, 0.2) is 5.78 Å². The van der Waals surface area contributed by atoms with Crippen molar-refractivity contribution >= 4 is 41.0 Å². The first-order chi connectivity index (χ1) is 11.8. The predicted octanol–water partition coefficient (Wildman–Crippen LogP) is 3.48. The summed E-state index contributed by atoms with van der Waals surface area (Å²) in [6.07, 6.45) is 1.35. The highest BCUT2D eigenvalue weighted by atomic mass is 35.5. The third-order valence-electron chi connectivity index (χ3n) is 3.84. The molecule has 0 aliphatic carbocycles. The Bertz CT molecular complexity index is 727. The molecule has 1 amide bonds. The van der Waals surface area contributed by atoms with Crippen molar-refractivity contribution in [3.63, 3.8) is 0 Å². The molecule has 0 bridgehead atoms. The Kier molecular flexibility index (Phi) is 6.30. The zero-order chi connectivity index (χ0) is 18.7. The summed E-state index contributed by atoms with van der Waals surface area (Å²) in [5, 5.41) is 9.21. The first-order valence-electron chi connectivity index (χ1n) is 7.85. The Morgan fingerprint density at radius 3 is 2.36 bits per heavy atom. The third kappa shape index (κ3) is 4.25. The summed E-state index contributed by atoms with van der Waals surface area (Å²) < 4.78 is 0. The number of ketones is 1. The van der Waals surface area contributed by atoms with Crippen LogP contribution >= 0.6 is 23.4 Å². The molecule has 1 aliphatic heterocycles. The quantitative estimate of drug-likeness (QED) is 0.732. The summed E-state index contributed by atoms with van der Waals surface area (Å²) in [6, 6.07) is 6.37. The number of aliphatic carboxylic acids is 1. The second-order valence-electron chi connectivity index (χ2n) is 6.24. The van der Waals surface area contributed by atoms with Crippen molar-refractivity contribution < 1.29 is 19.5 Å². The number of carboxylic acid groups (broad SMARTS) is 1. The second kappa shape index (κ2) is 8.06. The zero-order valence-corrected chi connectivity index (χ0v) is 15.9. The van der Waals surface area contributed by atoms with E-state index in [1.807, 2.05) is 20.1 Å². The molecule has 1 atom stereocenters. The molecule has 134 valence electrons. The Labute approximate surface area is 156 Å². The normalized spacial score (nSPS) is 17.6. The highest BCUT2D eigenvalue weighted by Gasteiger charge is 2.42. The fourth-order valence-electron chi connectivity index (χ4n) is 2.85. The molecule has 25 heavy (non-hydrogen) atoms. The highest BCUT2D eigenvalue weighted by molar-refractivity contribution is 7.99. The highest BCUT2D eigenvalue weighted by Crippen LogP contribution is 2.36. The summed E-state index contributed by atoms with van der Waals surface area (Å²) >= 11 is 7.22. The van der Waals surface area contributed by atoms with Crippen LogP contribution in [0.4, 0.5) is 0 Å². The van der Waals surface area contributed by atoms with Crippen LogP contribution in [0.2, 0.25) is 5.02 Å². The van der Waals surface area contributed by atoms with Crippen LogP contribution in [-0.2, 0) is 9.59 Å². The van der Waals surface area contributed by atoms with E-state index in [2.05, 4.69) is 0 Å². The molecule has 1 aliphatic rings. The van der Waals surface area contributed by atoms with E-state index in [0.717, 1.165) is 0 Å². The van der Waals surface area contributed by atoms with Crippen LogP contribution in [0.1, 0.15) is 30.6 Å². The molecule has 0 saturated carbocycles. The van der Waals surface area contributed by atoms with Crippen LogP contribution in [0.15, 0.2) is 35.4 Å². The van der Waals surface area contributed by atoms with Gasteiger partial charge in [-0.15, -0.1) is 11.8 Å². The number of halogens is 1. The molecule has 0 saturated heterocycles. The minimum absolute atomic E-state index is 0.0763. The van der Waals surface area contributed by atoms with E-state index in [9.17, 15) is 19.5 Å². The molecular formula is C18H20ClNO4S. The number of hydrogen-bond donors (Lipinski definition) is 1. The van der Waals surface area contributed by atoms with Gasteiger partial charge in [-0.2, -0.15) is 0 Å². The lowest BCUT2D eigenvalue weighted by Crippen LogP contribution is -2.37. The maximum absolute atomic E-state index is 13.0. The van der Waals surface area contributed by atoms with Crippen LogP contribution < -0.4 is 0 Å². The lowest BCUT2D eigenvalue weighted by atomic mass is 9.98. The van der Waals surface area contributed by atoms with Crippen molar-refractivity contribution in [1.82, 2.24) is 4.90 Å². The minimum atomic E-state index is -1.13. The monoisotopic (exact) mass is 381 g/mol. The topological polar surface area (TPSA) is 74.7 Å². The van der Waals surface area contributed by atoms with Crippen LogP contribution in [0.25, 0.3) is 0 Å². The van der Waals surface area contributed by atoms with Gasteiger partial charge in [0.1, 0.15) is 5.37 Å². The van der Waals surface area contributed by atoms with Gasteiger partial charge in [-0.3, -0.25) is 14.4 Å². The number of carbonyl (C=O) groups excluding carboxylic acids is 2. The fourth-order valence-corrected chi connectivity index (χ4v) is 3.89. The second-order valence-corrected chi connectivity index (χ2v) is 7.59. The molecular weight excluding hydrogens is 362 g/mol. The van der Waals surface area contributed by atoms with E-state index >= 15 is 0 Å². The standard InChI is InChI=1S/C18H20ClNO4S/c1-10(2)9-20-17(24)13(8-14(21)22)15(18(20)25-3)16(23)11-4-6-12(19)7-5-11/h4-7,10,18H,8-9H2,1-3H3,(H,21,22)/t18-/m0/s1. The van der Waals surface area contributed by atoms with E-state index in [-0.39, 0.29) is 28.8 Å². The van der Waals surface area contributed by atoms with Crippen molar-refractivity contribution in [2.45, 2.75) is 25.6 Å². The van der Waals surface area contributed by atoms with E-state index in [0.29, 0.717) is 17.1 Å². The molecule has 1 N–H and O–H groups in total. The number of rotatable bonds is 7. The van der Waals surface area contributed by atoms with E-state index in [1.165, 1.54) is 11.8 Å². The maximum Gasteiger partial charge on any atom is 0.308 e. The number of amides is 1. The van der Waals surface area contributed by atoms with Crippen molar-refractivity contribution in [2.75, 3.05) is 12.8 Å². The number of Topliss-reactive ketones (excluding diaryl/α,β-unsaturated/α-hetero) is 1. The van der Waals surface area contributed by atoms with E-state index in [4.69, 9.17) is 11.6 Å². The number of benzene rings is 1. The third-order valence-corrected chi connectivity index (χ3v) is 5.03. The number of hydrogen-bond acceptors (Lipinski definition) is 4. The molecule has 0 spiro atoms. The van der Waals surface area contributed by atoms with Gasteiger partial charge in [0.05, 0.1) is 6.42 Å². The molecule has 1 aromatic carbocycles. The molecule has 1 aromatic rings. The van der Waals surface area contributed by atoms with Crippen molar-refractivity contribution in [1.29, 1.82) is 0 Å². The minimum Gasteiger partial charge on any atom is -0.481 e. The van der Waals surface area contributed by atoms with E-state index in [1.54, 1.807) is 29.2 Å². The average Bonchev–Trinajstić information content (AvgIpc) is 2.79. The van der Waals surface area contributed by atoms with Gasteiger partial charge in [-0.1, -0.05) is 25.4 Å². The molecule has 0 unspecified atom stereocenters. The fraction of sp³-hybridized carbons (Fsp3) is 0.389. The van der Waals surface area contributed by atoms with Crippen molar-refractivity contribution in [3.05, 3.63) is 46.0 Å². The molecule has 0 radical (unpaired) electrons. The summed E-state index contributed by atoms with van der Waals surface area (Å²) in [6.45, 7) is 4.41. The Morgan fingerprint density at radius 1 is 1.28 bits per heavy atom. The zero-order valence-electron chi connectivity index (χ0n) is 14.3. The molecule has 0 fully saturated rings. The summed E-state index contributed by atoms with van der Waals surface area (Å²) in [5.74, 6) is -1.62. The van der Waals surface area contributed by atoms with Gasteiger partial charge >= 0.3 is 5.97 Å². The molecule has 2 rings (SSSR count). The molecule has 1 heterocycles. The van der Waals surface area contributed by atoms with Crippen LogP contribution in [0, 0.1) is 5.92 Å². The van der Waals surface area contributed by atoms with Crippen molar-refractivity contribution in [3.8, 4) is 0 Å². The Balaban J connectivity index is 2.51. The SMILES string of the molecule is CS[C@H]1C(C(=O)c2ccc(Cl)cc2)=C(CC(=O)O)C(=O)N1CC(C)C. The molecule has 5 nitrogen and oxygen atoms in total. The lowest BCUT2D eigenvalue weighted by molar-refractivity contribution is -0.137. The van der Waals surface area contributed by atoms with Crippen LogP contribution in [-0.4, -0.2) is 45.8 Å². The largest absolute Gasteiger partial charge is 0.481 e. The van der Waals surface area contributed by atoms with Gasteiger partial charge < -0.3 is 10.0 Å². The Morgan fingerprint density at radius 2 is 1.88 bits per heavy atom. The number of nitrogens with zero attached hydrogens (tertiary/aromatic N) is 1. The number of carboxylic acids is 1. The summed E-state index contributed by atoms with van der Waals surface area (Å²) in [7, 11) is 0. The smallest absolute Gasteiger partial charge is 0.308 e. The molecule has 0 aromatic heterocycles. The number of thioether (sulfide) groups is 1. The first kappa shape index (κ1) is 19.5. The van der Waals surface area contributed by atoms with Gasteiger partial charge in [0.2, 0.25) is 0 Å². The maximum atomic E-state index is 13.0. The van der Waals surface area contributed by atoms with Crippen molar-refractivity contribution in [2.24, 2.45) is 5.92 Å². The van der Waals surface area contributed by atoms with Gasteiger partial charge in [-0.05, 0) is 36.4 Å². The Hall–Kier alpha value is -1.79. The lowest BCUT2D eigenvalue weighted by Gasteiger charge is -2.27. The van der Waals surface area contributed by atoms with Gasteiger partial charge in [-0.25, -0.2) is 0 Å². The van der Waals surface area contributed by atoms with Gasteiger partial charge in [0.25, 0.3) is 5.91 Å².